The SMILES string of the molecule is CCC1CC2C3CCC(C)C3(C)CCC2C2(C)CCC(=O)CC12. The second kappa shape index (κ2) is 5.33. The van der Waals surface area contributed by atoms with Crippen molar-refractivity contribution in [2.45, 2.75) is 85.5 Å². The van der Waals surface area contributed by atoms with Gasteiger partial charge in [0.1, 0.15) is 5.78 Å². The third-order valence-corrected chi connectivity index (χ3v) is 9.66. The van der Waals surface area contributed by atoms with Gasteiger partial charge in [0.15, 0.2) is 0 Å². The molecule has 0 aromatic rings. The van der Waals surface area contributed by atoms with Crippen LogP contribution in [-0.4, -0.2) is 5.78 Å². The maximum absolute atomic E-state index is 12.2. The number of ketones is 1. The first kappa shape index (κ1) is 16.2. The lowest BCUT2D eigenvalue weighted by Gasteiger charge is -2.62. The summed E-state index contributed by atoms with van der Waals surface area (Å²) in [5, 5.41) is 0. The summed E-state index contributed by atoms with van der Waals surface area (Å²) in [6.07, 6.45) is 11.5. The van der Waals surface area contributed by atoms with E-state index in [4.69, 9.17) is 0 Å². The molecule has 0 bridgehead atoms. The summed E-state index contributed by atoms with van der Waals surface area (Å²) in [7, 11) is 0. The highest BCUT2D eigenvalue weighted by Gasteiger charge is 2.61. The lowest BCUT2D eigenvalue weighted by Crippen LogP contribution is -2.56. The number of Topliss-reactive ketones (excluding diaryl/α,β-unsaturated/α-hetero) is 1. The van der Waals surface area contributed by atoms with E-state index in [-0.39, 0.29) is 0 Å². The monoisotopic (exact) mass is 316 g/mol. The predicted molar refractivity (Wildman–Crippen MR) is 95.1 cm³/mol. The van der Waals surface area contributed by atoms with Gasteiger partial charge in [0.2, 0.25) is 0 Å². The maximum atomic E-state index is 12.2. The van der Waals surface area contributed by atoms with Crippen LogP contribution >= 0.6 is 0 Å². The summed E-state index contributed by atoms with van der Waals surface area (Å²) in [6, 6.07) is 0. The third kappa shape index (κ3) is 2.13. The summed E-state index contributed by atoms with van der Waals surface area (Å²) in [4.78, 5) is 12.2. The van der Waals surface area contributed by atoms with Crippen LogP contribution in [0.25, 0.3) is 0 Å². The van der Waals surface area contributed by atoms with Gasteiger partial charge < -0.3 is 0 Å². The molecular formula is C22H36O. The zero-order valence-corrected chi connectivity index (χ0v) is 15.7. The number of carbonyl (C=O) groups is 1. The van der Waals surface area contributed by atoms with Gasteiger partial charge in [-0.05, 0) is 84.9 Å². The fourth-order valence-corrected chi connectivity index (χ4v) is 8.00. The van der Waals surface area contributed by atoms with Gasteiger partial charge in [-0.1, -0.05) is 34.1 Å². The summed E-state index contributed by atoms with van der Waals surface area (Å²) in [5.41, 5.74) is 1.08. The van der Waals surface area contributed by atoms with Crippen molar-refractivity contribution in [1.82, 2.24) is 0 Å². The molecule has 8 unspecified atom stereocenters. The van der Waals surface area contributed by atoms with E-state index in [0.717, 1.165) is 42.4 Å². The van der Waals surface area contributed by atoms with Gasteiger partial charge in [-0.2, -0.15) is 0 Å². The minimum Gasteiger partial charge on any atom is -0.300 e. The average Bonchev–Trinajstić information content (AvgIpc) is 2.83. The number of hydrogen-bond acceptors (Lipinski definition) is 1. The normalized spacial score (nSPS) is 55.9. The van der Waals surface area contributed by atoms with E-state index >= 15 is 0 Å². The first-order valence-corrected chi connectivity index (χ1v) is 10.4. The highest BCUT2D eigenvalue weighted by molar-refractivity contribution is 5.79. The maximum Gasteiger partial charge on any atom is 0.133 e. The molecule has 0 aromatic carbocycles. The Labute approximate surface area is 143 Å². The van der Waals surface area contributed by atoms with Crippen LogP contribution in [0.15, 0.2) is 0 Å². The van der Waals surface area contributed by atoms with Gasteiger partial charge >= 0.3 is 0 Å². The topological polar surface area (TPSA) is 17.1 Å². The highest BCUT2D eigenvalue weighted by atomic mass is 16.1. The van der Waals surface area contributed by atoms with Crippen molar-refractivity contribution in [2.24, 2.45) is 46.3 Å². The van der Waals surface area contributed by atoms with Crippen LogP contribution in [-0.2, 0) is 4.79 Å². The fraction of sp³-hybridized carbons (Fsp3) is 0.955. The van der Waals surface area contributed by atoms with Crippen LogP contribution in [0.3, 0.4) is 0 Å². The van der Waals surface area contributed by atoms with E-state index in [1.807, 2.05) is 0 Å². The van der Waals surface area contributed by atoms with E-state index in [0.29, 0.717) is 22.5 Å². The van der Waals surface area contributed by atoms with Gasteiger partial charge in [0.25, 0.3) is 0 Å². The molecule has 4 aliphatic carbocycles. The van der Waals surface area contributed by atoms with Crippen LogP contribution in [0.1, 0.15) is 85.5 Å². The Hall–Kier alpha value is -0.330. The molecular weight excluding hydrogens is 280 g/mol. The molecule has 1 nitrogen and oxygen atoms in total. The van der Waals surface area contributed by atoms with Crippen LogP contribution in [0, 0.1) is 46.3 Å². The number of carbonyl (C=O) groups excluding carboxylic acids is 1. The van der Waals surface area contributed by atoms with E-state index in [9.17, 15) is 4.79 Å². The van der Waals surface area contributed by atoms with Crippen molar-refractivity contribution in [3.8, 4) is 0 Å². The molecule has 4 rings (SSSR count). The Morgan fingerprint density at radius 3 is 2.48 bits per heavy atom. The minimum atomic E-state index is 0.463. The molecule has 0 amide bonds. The Balaban J connectivity index is 1.69. The molecule has 0 heterocycles. The molecule has 0 aliphatic heterocycles. The van der Waals surface area contributed by atoms with Crippen LogP contribution < -0.4 is 0 Å². The molecule has 8 atom stereocenters. The zero-order chi connectivity index (χ0) is 16.4. The molecule has 0 N–H and O–H groups in total. The van der Waals surface area contributed by atoms with Crippen LogP contribution in [0.2, 0.25) is 0 Å². The molecule has 23 heavy (non-hydrogen) atoms. The van der Waals surface area contributed by atoms with Crippen LogP contribution in [0.5, 0.6) is 0 Å². The van der Waals surface area contributed by atoms with Crippen LogP contribution in [0.4, 0.5) is 0 Å². The lowest BCUT2D eigenvalue weighted by molar-refractivity contribution is -0.150. The van der Waals surface area contributed by atoms with Crippen molar-refractivity contribution in [3.63, 3.8) is 0 Å². The summed E-state index contributed by atoms with van der Waals surface area (Å²) >= 11 is 0. The van der Waals surface area contributed by atoms with E-state index in [2.05, 4.69) is 27.7 Å². The van der Waals surface area contributed by atoms with Gasteiger partial charge in [0.05, 0.1) is 0 Å². The van der Waals surface area contributed by atoms with Gasteiger partial charge in [-0.15, -0.1) is 0 Å². The number of hydrogen-bond donors (Lipinski definition) is 0. The van der Waals surface area contributed by atoms with Crippen molar-refractivity contribution in [3.05, 3.63) is 0 Å². The minimum absolute atomic E-state index is 0.463. The summed E-state index contributed by atoms with van der Waals surface area (Å²) in [6.45, 7) is 10.1. The first-order chi connectivity index (χ1) is 10.9. The molecule has 0 spiro atoms. The van der Waals surface area contributed by atoms with Gasteiger partial charge in [-0.25, -0.2) is 0 Å². The smallest absolute Gasteiger partial charge is 0.133 e. The van der Waals surface area contributed by atoms with E-state index in [1.165, 1.54) is 44.9 Å². The second-order valence-corrected chi connectivity index (χ2v) is 10.2. The van der Waals surface area contributed by atoms with E-state index in [1.54, 1.807) is 0 Å². The number of fused-ring (bicyclic) bond motifs is 5. The molecule has 4 aliphatic rings. The lowest BCUT2D eigenvalue weighted by atomic mass is 9.42. The molecule has 0 radical (unpaired) electrons. The Kier molecular flexibility index (Phi) is 3.75. The standard InChI is InChI=1S/C22H36O/c1-5-15-12-17-18-7-6-14(2)21(18,3)11-9-19(17)22(4)10-8-16(23)13-20(15)22/h14-15,17-20H,5-13H2,1-4H3. The first-order valence-electron chi connectivity index (χ1n) is 10.4. The molecule has 0 saturated heterocycles. The fourth-order valence-electron chi connectivity index (χ4n) is 8.00. The summed E-state index contributed by atoms with van der Waals surface area (Å²) < 4.78 is 0. The van der Waals surface area contributed by atoms with E-state index < -0.39 is 0 Å². The summed E-state index contributed by atoms with van der Waals surface area (Å²) in [5.74, 6) is 5.82. The van der Waals surface area contributed by atoms with Gasteiger partial charge in [0, 0.05) is 12.8 Å². The zero-order valence-electron chi connectivity index (χ0n) is 15.7. The molecule has 4 fully saturated rings. The molecule has 130 valence electrons. The van der Waals surface area contributed by atoms with Crippen molar-refractivity contribution in [2.75, 3.05) is 0 Å². The quantitative estimate of drug-likeness (QED) is 0.591. The Bertz CT molecular complexity index is 496. The molecule has 4 saturated carbocycles. The highest BCUT2D eigenvalue weighted by Crippen LogP contribution is 2.68. The van der Waals surface area contributed by atoms with Gasteiger partial charge in [-0.3, -0.25) is 4.79 Å². The average molecular weight is 317 g/mol. The third-order valence-electron chi connectivity index (χ3n) is 9.66. The molecule has 0 aromatic heterocycles. The largest absolute Gasteiger partial charge is 0.300 e. The second-order valence-electron chi connectivity index (χ2n) is 10.2. The Morgan fingerprint density at radius 2 is 1.74 bits per heavy atom. The van der Waals surface area contributed by atoms with Crippen molar-refractivity contribution < 1.29 is 4.79 Å². The van der Waals surface area contributed by atoms with Crippen molar-refractivity contribution >= 4 is 5.78 Å². The molecule has 1 heteroatoms. The number of rotatable bonds is 1. The van der Waals surface area contributed by atoms with Crippen molar-refractivity contribution in [1.29, 1.82) is 0 Å². The Morgan fingerprint density at radius 1 is 1.00 bits per heavy atom. The predicted octanol–water partition coefficient (Wildman–Crippen LogP) is 5.87.